The molecule has 15 nitrogen and oxygen atoms in total. The molecule has 14 atom stereocenters. The Balaban J connectivity index is 1.71. The summed E-state index contributed by atoms with van der Waals surface area (Å²) in [5.74, 6) is -4.95. The molecule has 15 heteroatoms. The summed E-state index contributed by atoms with van der Waals surface area (Å²) in [6, 6.07) is 9.13. The topological polar surface area (TPSA) is 186 Å². The number of carbonyl (C=O) groups excluding carboxylic acids is 3. The van der Waals surface area contributed by atoms with E-state index >= 15 is 0 Å². The van der Waals surface area contributed by atoms with Crippen molar-refractivity contribution in [2.24, 2.45) is 28.8 Å². The van der Waals surface area contributed by atoms with Crippen molar-refractivity contribution in [3.8, 4) is 0 Å². The maximum Gasteiger partial charge on any atom is 0.410 e. The first kappa shape index (κ1) is 47.5. The minimum Gasteiger partial charge on any atom is -0.459 e. The maximum absolute atomic E-state index is 14.2. The van der Waals surface area contributed by atoms with Crippen LogP contribution in [-0.4, -0.2) is 143 Å². The number of likely N-dealkylation sites (tertiary alicyclic amines) is 1. The van der Waals surface area contributed by atoms with Gasteiger partial charge < -0.3 is 53.6 Å². The molecule has 3 heterocycles. The summed E-state index contributed by atoms with van der Waals surface area (Å²) in [5.41, 5.74) is -1.99. The predicted molar refractivity (Wildman–Crippen MR) is 216 cm³/mol. The highest BCUT2D eigenvalue weighted by atomic mass is 16.7. The van der Waals surface area contributed by atoms with E-state index in [9.17, 15) is 29.7 Å². The van der Waals surface area contributed by atoms with Crippen LogP contribution >= 0.6 is 0 Å². The van der Waals surface area contributed by atoms with Crippen LogP contribution in [0.4, 0.5) is 4.79 Å². The van der Waals surface area contributed by atoms with Crippen molar-refractivity contribution in [3.63, 3.8) is 0 Å². The van der Waals surface area contributed by atoms with E-state index in [0.29, 0.717) is 31.5 Å². The van der Waals surface area contributed by atoms with Crippen LogP contribution in [0.15, 0.2) is 35.5 Å². The third-order valence-corrected chi connectivity index (χ3v) is 12.5. The molecule has 328 valence electrons. The molecule has 3 saturated heterocycles. The predicted octanol–water partition coefficient (Wildman–Crippen LogP) is 4.33. The Hall–Kier alpha value is -3.18. The molecule has 1 amide bonds. The third-order valence-electron chi connectivity index (χ3n) is 12.5. The number of oxime groups is 1. The van der Waals surface area contributed by atoms with Crippen molar-refractivity contribution in [2.45, 2.75) is 154 Å². The van der Waals surface area contributed by atoms with Crippen LogP contribution in [0.3, 0.4) is 0 Å². The largest absolute Gasteiger partial charge is 0.459 e. The molecule has 1 aromatic rings. The number of rotatable bonds is 9. The van der Waals surface area contributed by atoms with Crippen LogP contribution in [-0.2, 0) is 44.7 Å². The average Bonchev–Trinajstić information content (AvgIpc) is 3.20. The maximum atomic E-state index is 14.2. The normalized spacial score (nSPS) is 39.2. The molecule has 0 bridgehead atoms. The molecule has 58 heavy (non-hydrogen) atoms. The Bertz CT molecular complexity index is 1540. The molecule has 0 saturated carbocycles. The Labute approximate surface area is 344 Å². The van der Waals surface area contributed by atoms with Gasteiger partial charge >= 0.3 is 12.1 Å². The van der Waals surface area contributed by atoms with E-state index < -0.39 is 89.5 Å². The van der Waals surface area contributed by atoms with Gasteiger partial charge in [-0.15, -0.1) is 0 Å². The molecule has 1 aromatic carbocycles. The molecular weight excluding hydrogens is 750 g/mol. The second-order valence-corrected chi connectivity index (χ2v) is 17.3. The molecular formula is C43H69N3O12. The number of aliphatic hydroxyl groups excluding tert-OH is 2. The van der Waals surface area contributed by atoms with Crippen LogP contribution in [0.2, 0.25) is 0 Å². The number of nitrogens with zero attached hydrogens (tertiary/aromatic N) is 3. The number of ether oxygens (including phenoxy) is 5. The van der Waals surface area contributed by atoms with Gasteiger partial charge in [-0.3, -0.25) is 9.59 Å². The molecule has 3 aliphatic heterocycles. The van der Waals surface area contributed by atoms with E-state index in [-0.39, 0.29) is 38.1 Å². The Morgan fingerprint density at radius 1 is 1.05 bits per heavy atom. The minimum atomic E-state index is -1.96. The second kappa shape index (κ2) is 20.4. The number of cyclic esters (lactones) is 1. The van der Waals surface area contributed by atoms with Crippen molar-refractivity contribution >= 4 is 23.6 Å². The van der Waals surface area contributed by atoms with Crippen LogP contribution in [0.5, 0.6) is 0 Å². The van der Waals surface area contributed by atoms with Crippen molar-refractivity contribution in [1.82, 2.24) is 9.80 Å². The molecule has 0 aliphatic carbocycles. The zero-order chi connectivity index (χ0) is 43.1. The fourth-order valence-electron chi connectivity index (χ4n) is 8.75. The van der Waals surface area contributed by atoms with Gasteiger partial charge in [0.15, 0.2) is 12.1 Å². The quantitative estimate of drug-likeness (QED) is 0.182. The highest BCUT2D eigenvalue weighted by Crippen LogP contribution is 2.39. The van der Waals surface area contributed by atoms with Gasteiger partial charge in [0.2, 0.25) is 0 Å². The standard InChI is InChI=1S/C43H69N3O12/c1-12-33-43(8,52)37(49)27(4)34(44-58-31-19-16-20-46(23-31)41(51)54-24-30-17-14-13-15-18-30)25(2)22-42(7,53-11)38(28(5)35(47)29(6)39(50)56-33)57-40-36(48)32(45(9)10)21-26(3)55-40/h13-15,17-18,25-29,31-33,36-38,40,48-49,52H,12,16,19-24H2,1-11H3/b44-34+/t25-,26-,27+,28+,29-,31?,32+,33-,36-,37-,38-,40+,42-,43-/m1/s1. The van der Waals surface area contributed by atoms with Crippen molar-refractivity contribution < 1.29 is 58.2 Å². The Morgan fingerprint density at radius 2 is 1.72 bits per heavy atom. The van der Waals surface area contributed by atoms with Crippen LogP contribution in [0.25, 0.3) is 0 Å². The zero-order valence-corrected chi connectivity index (χ0v) is 36.3. The molecule has 4 rings (SSSR count). The van der Waals surface area contributed by atoms with Crippen molar-refractivity contribution in [2.75, 3.05) is 34.3 Å². The molecule has 0 aromatic heterocycles. The van der Waals surface area contributed by atoms with Crippen LogP contribution < -0.4 is 0 Å². The second-order valence-electron chi connectivity index (χ2n) is 17.3. The first-order chi connectivity index (χ1) is 27.2. The van der Waals surface area contributed by atoms with Gasteiger partial charge in [0.05, 0.1) is 36.2 Å². The van der Waals surface area contributed by atoms with Gasteiger partial charge in [0.1, 0.15) is 36.4 Å². The number of likely N-dealkylation sites (N-methyl/N-ethyl adjacent to an activating group) is 1. The fraction of sp³-hybridized carbons (Fsp3) is 0.767. The lowest BCUT2D eigenvalue weighted by Crippen LogP contribution is -2.60. The average molecular weight is 820 g/mol. The number of ketones is 1. The monoisotopic (exact) mass is 819 g/mol. The zero-order valence-electron chi connectivity index (χ0n) is 36.3. The van der Waals surface area contributed by atoms with Gasteiger partial charge in [0, 0.05) is 37.5 Å². The molecule has 0 radical (unpaired) electrons. The highest BCUT2D eigenvalue weighted by Gasteiger charge is 2.51. The minimum absolute atomic E-state index is 0.137. The summed E-state index contributed by atoms with van der Waals surface area (Å²) < 4.78 is 30.5. The Morgan fingerprint density at radius 3 is 2.34 bits per heavy atom. The first-order valence-corrected chi connectivity index (χ1v) is 20.8. The number of esters is 1. The van der Waals surface area contributed by atoms with Crippen molar-refractivity contribution in [1.29, 1.82) is 0 Å². The fourth-order valence-corrected chi connectivity index (χ4v) is 8.75. The number of amides is 1. The number of piperidine rings is 1. The van der Waals surface area contributed by atoms with Crippen LogP contribution in [0, 0.1) is 23.7 Å². The summed E-state index contributed by atoms with van der Waals surface area (Å²) in [7, 11) is 5.24. The summed E-state index contributed by atoms with van der Waals surface area (Å²) in [6.45, 7) is 14.4. The molecule has 0 spiro atoms. The summed E-state index contributed by atoms with van der Waals surface area (Å²) >= 11 is 0. The number of benzene rings is 1. The van der Waals surface area contributed by atoms with E-state index in [2.05, 4.69) is 5.16 Å². The van der Waals surface area contributed by atoms with E-state index in [1.807, 2.05) is 63.2 Å². The van der Waals surface area contributed by atoms with E-state index in [4.69, 9.17) is 28.5 Å². The van der Waals surface area contributed by atoms with Crippen LogP contribution in [0.1, 0.15) is 93.1 Å². The van der Waals surface area contributed by atoms with Gasteiger partial charge in [0.25, 0.3) is 0 Å². The third kappa shape index (κ3) is 11.1. The van der Waals surface area contributed by atoms with E-state index in [1.54, 1.807) is 32.6 Å². The molecule has 3 N–H and O–H groups in total. The molecule has 3 fully saturated rings. The van der Waals surface area contributed by atoms with E-state index in [0.717, 1.165) is 5.56 Å². The lowest BCUT2D eigenvalue weighted by atomic mass is 9.74. The summed E-state index contributed by atoms with van der Waals surface area (Å²) in [5, 5.41) is 40.0. The molecule has 3 aliphatic rings. The van der Waals surface area contributed by atoms with E-state index in [1.165, 1.54) is 21.0 Å². The highest BCUT2D eigenvalue weighted by molar-refractivity contribution is 6.00. The number of hydrogen-bond acceptors (Lipinski definition) is 14. The lowest BCUT2D eigenvalue weighted by molar-refractivity contribution is -0.295. The number of Topliss-reactive ketones (excluding diaryl/α,β-unsaturated/α-hetero) is 1. The van der Waals surface area contributed by atoms with Gasteiger partial charge in [-0.05, 0) is 79.5 Å². The number of methoxy groups -OCH3 is 1. The number of hydrogen-bond donors (Lipinski definition) is 3. The first-order valence-electron chi connectivity index (χ1n) is 20.8. The van der Waals surface area contributed by atoms with Gasteiger partial charge in [-0.25, -0.2) is 4.79 Å². The number of aliphatic hydroxyl groups is 3. The lowest BCUT2D eigenvalue weighted by Gasteiger charge is -2.47. The number of carbonyl (C=O) groups is 3. The van der Waals surface area contributed by atoms with Gasteiger partial charge in [-0.1, -0.05) is 63.2 Å². The summed E-state index contributed by atoms with van der Waals surface area (Å²) in [6.07, 6.45) is -5.05. The van der Waals surface area contributed by atoms with Crippen molar-refractivity contribution in [3.05, 3.63) is 35.9 Å². The van der Waals surface area contributed by atoms with Gasteiger partial charge in [-0.2, -0.15) is 0 Å². The smallest absolute Gasteiger partial charge is 0.410 e. The molecule has 1 unspecified atom stereocenters. The summed E-state index contributed by atoms with van der Waals surface area (Å²) in [4.78, 5) is 50.7. The Kier molecular flexibility index (Phi) is 16.7. The SMILES string of the molecule is CC[C@H]1OC(=O)[C@H](C)C(=O)[C@H](C)[C@@H](O[C@@H]2O[C@H](C)C[C@H](N(C)C)[C@H]2O)[C@](C)(OC)C[C@@H](C)/C(=N\OC2CCCN(C(=O)OCc3ccccc3)C2)[C@H](C)[C@@H](O)[C@]1(C)O.